The number of hydrogen-bond donors (Lipinski definition) is 1. The second-order valence-corrected chi connectivity index (χ2v) is 6.64. The molecule has 1 N–H and O–H groups in total. The van der Waals surface area contributed by atoms with E-state index in [1.54, 1.807) is 24.1 Å². The Bertz CT molecular complexity index is 719. The molecule has 0 aliphatic rings. The SMILES string of the molecule is COC(=O)c1ncsc1S(=O)(=O)NCc1cnn(C)c1. The molecule has 20 heavy (non-hydrogen) atoms. The number of carbonyl (C=O) groups is 1. The van der Waals surface area contributed by atoms with Crippen LogP contribution < -0.4 is 4.72 Å². The zero-order valence-electron chi connectivity index (χ0n) is 10.7. The van der Waals surface area contributed by atoms with Gasteiger partial charge in [-0.3, -0.25) is 4.68 Å². The molecular weight excluding hydrogens is 304 g/mol. The molecule has 0 aliphatic heterocycles. The van der Waals surface area contributed by atoms with Crippen molar-refractivity contribution in [1.29, 1.82) is 0 Å². The highest BCUT2D eigenvalue weighted by Crippen LogP contribution is 2.20. The number of aryl methyl sites for hydroxylation is 1. The van der Waals surface area contributed by atoms with E-state index in [-0.39, 0.29) is 16.4 Å². The van der Waals surface area contributed by atoms with E-state index in [0.29, 0.717) is 5.56 Å². The largest absolute Gasteiger partial charge is 0.464 e. The third kappa shape index (κ3) is 3.03. The number of aromatic nitrogens is 3. The van der Waals surface area contributed by atoms with Crippen molar-refractivity contribution in [1.82, 2.24) is 19.5 Å². The summed E-state index contributed by atoms with van der Waals surface area (Å²) in [4.78, 5) is 15.2. The molecule has 0 aromatic carbocycles. The number of thiazole rings is 1. The summed E-state index contributed by atoms with van der Waals surface area (Å²) in [5.74, 6) is -0.784. The lowest BCUT2D eigenvalue weighted by Gasteiger charge is -2.04. The van der Waals surface area contributed by atoms with Crippen LogP contribution in [0.15, 0.2) is 22.1 Å². The highest BCUT2D eigenvalue weighted by atomic mass is 32.2. The van der Waals surface area contributed by atoms with Gasteiger partial charge in [0.05, 0.1) is 18.8 Å². The molecule has 0 radical (unpaired) electrons. The van der Waals surface area contributed by atoms with Crippen LogP contribution in [-0.2, 0) is 28.4 Å². The summed E-state index contributed by atoms with van der Waals surface area (Å²) in [5, 5.41) is 3.94. The number of esters is 1. The van der Waals surface area contributed by atoms with Gasteiger partial charge >= 0.3 is 5.97 Å². The maximum absolute atomic E-state index is 12.1. The molecule has 2 rings (SSSR count). The normalized spacial score (nSPS) is 11.5. The average Bonchev–Trinajstić information content (AvgIpc) is 3.04. The first-order valence-electron chi connectivity index (χ1n) is 5.43. The lowest BCUT2D eigenvalue weighted by molar-refractivity contribution is 0.0590. The van der Waals surface area contributed by atoms with Gasteiger partial charge in [-0.25, -0.2) is 22.9 Å². The van der Waals surface area contributed by atoms with Crippen molar-refractivity contribution in [2.24, 2.45) is 7.05 Å². The van der Waals surface area contributed by atoms with E-state index < -0.39 is 16.0 Å². The van der Waals surface area contributed by atoms with Crippen LogP contribution >= 0.6 is 11.3 Å². The lowest BCUT2D eigenvalue weighted by Crippen LogP contribution is -2.24. The first kappa shape index (κ1) is 14.6. The van der Waals surface area contributed by atoms with Gasteiger partial charge in [0.25, 0.3) is 10.0 Å². The van der Waals surface area contributed by atoms with Crippen LogP contribution in [0.1, 0.15) is 16.1 Å². The van der Waals surface area contributed by atoms with Crippen molar-refractivity contribution in [3.63, 3.8) is 0 Å². The van der Waals surface area contributed by atoms with Gasteiger partial charge in [0.15, 0.2) is 9.90 Å². The van der Waals surface area contributed by atoms with Crippen molar-refractivity contribution in [2.75, 3.05) is 7.11 Å². The van der Waals surface area contributed by atoms with Gasteiger partial charge in [-0.2, -0.15) is 5.10 Å². The van der Waals surface area contributed by atoms with Crippen molar-refractivity contribution in [3.05, 3.63) is 29.2 Å². The minimum absolute atomic E-state index is 0.0781. The number of hydrogen-bond acceptors (Lipinski definition) is 7. The quantitative estimate of drug-likeness (QED) is 0.787. The molecule has 0 saturated carbocycles. The molecule has 0 amide bonds. The number of nitrogens with zero attached hydrogens (tertiary/aromatic N) is 3. The summed E-state index contributed by atoms with van der Waals surface area (Å²) in [6.45, 7) is 0.0781. The Hall–Kier alpha value is -1.78. The summed E-state index contributed by atoms with van der Waals surface area (Å²) in [5.41, 5.74) is 1.78. The Labute approximate surface area is 119 Å². The Balaban J connectivity index is 2.18. The molecular formula is C10H12N4O4S2. The third-order valence-electron chi connectivity index (χ3n) is 2.38. The molecule has 0 bridgehead atoms. The van der Waals surface area contributed by atoms with Crippen LogP contribution in [0.2, 0.25) is 0 Å². The van der Waals surface area contributed by atoms with Gasteiger partial charge in [-0.05, 0) is 0 Å². The standard InChI is InChI=1S/C10H12N4O4S2/c1-14-5-7(3-12-14)4-13-20(16,17)10-8(9(15)18-2)11-6-19-10/h3,5-6,13H,4H2,1-2H3. The zero-order valence-corrected chi connectivity index (χ0v) is 12.4. The van der Waals surface area contributed by atoms with Crippen molar-refractivity contribution in [3.8, 4) is 0 Å². The first-order chi connectivity index (χ1) is 9.44. The molecule has 0 fully saturated rings. The second-order valence-electron chi connectivity index (χ2n) is 3.83. The number of carbonyl (C=O) groups excluding carboxylic acids is 1. The number of methoxy groups -OCH3 is 1. The maximum atomic E-state index is 12.1. The van der Waals surface area contributed by atoms with E-state index in [9.17, 15) is 13.2 Å². The molecule has 108 valence electrons. The lowest BCUT2D eigenvalue weighted by atomic mass is 10.4. The van der Waals surface area contributed by atoms with Crippen molar-refractivity contribution in [2.45, 2.75) is 10.8 Å². The fourth-order valence-electron chi connectivity index (χ4n) is 1.47. The predicted molar refractivity (Wildman–Crippen MR) is 70.7 cm³/mol. The number of ether oxygens (including phenoxy) is 1. The topological polar surface area (TPSA) is 103 Å². The molecule has 0 saturated heterocycles. The van der Waals surface area contributed by atoms with Gasteiger partial charge in [0.1, 0.15) is 0 Å². The maximum Gasteiger partial charge on any atom is 0.358 e. The Morgan fingerprint density at radius 3 is 2.90 bits per heavy atom. The minimum atomic E-state index is -3.82. The zero-order chi connectivity index (χ0) is 14.8. The Morgan fingerprint density at radius 1 is 1.55 bits per heavy atom. The van der Waals surface area contributed by atoms with Gasteiger partial charge in [0.2, 0.25) is 0 Å². The molecule has 0 atom stereocenters. The fourth-order valence-corrected chi connectivity index (χ4v) is 3.66. The van der Waals surface area contributed by atoms with Crippen LogP contribution in [0.3, 0.4) is 0 Å². The van der Waals surface area contributed by atoms with Gasteiger partial charge in [0, 0.05) is 25.4 Å². The average molecular weight is 316 g/mol. The van der Waals surface area contributed by atoms with E-state index in [1.807, 2.05) is 0 Å². The molecule has 2 aromatic rings. The molecule has 10 heteroatoms. The smallest absolute Gasteiger partial charge is 0.358 e. The number of rotatable bonds is 5. The Morgan fingerprint density at radius 2 is 2.30 bits per heavy atom. The second kappa shape index (κ2) is 5.69. The summed E-state index contributed by atoms with van der Waals surface area (Å²) in [6, 6.07) is 0. The highest BCUT2D eigenvalue weighted by Gasteiger charge is 2.26. The van der Waals surface area contributed by atoms with E-state index >= 15 is 0 Å². The van der Waals surface area contributed by atoms with Crippen LogP contribution in [0.5, 0.6) is 0 Å². The van der Waals surface area contributed by atoms with Gasteiger partial charge in [-0.15, -0.1) is 11.3 Å². The van der Waals surface area contributed by atoms with Crippen molar-refractivity contribution >= 4 is 27.3 Å². The van der Waals surface area contributed by atoms with E-state index in [4.69, 9.17) is 0 Å². The third-order valence-corrected chi connectivity index (χ3v) is 5.15. The Kier molecular flexibility index (Phi) is 4.16. The van der Waals surface area contributed by atoms with Crippen molar-refractivity contribution < 1.29 is 17.9 Å². The van der Waals surface area contributed by atoms with Crippen LogP contribution in [-0.4, -0.2) is 36.3 Å². The molecule has 0 spiro atoms. The summed E-state index contributed by atoms with van der Waals surface area (Å²) in [7, 11) is -0.923. The summed E-state index contributed by atoms with van der Waals surface area (Å²) >= 11 is 0.857. The monoisotopic (exact) mass is 316 g/mol. The highest BCUT2D eigenvalue weighted by molar-refractivity contribution is 7.91. The van der Waals surface area contributed by atoms with Gasteiger partial charge in [-0.1, -0.05) is 0 Å². The molecule has 2 aromatic heterocycles. The van der Waals surface area contributed by atoms with Crippen LogP contribution in [0.25, 0.3) is 0 Å². The summed E-state index contributed by atoms with van der Waals surface area (Å²) in [6.07, 6.45) is 3.24. The molecule has 0 unspecified atom stereocenters. The summed E-state index contributed by atoms with van der Waals surface area (Å²) < 4.78 is 32.6. The number of sulfonamides is 1. The van der Waals surface area contributed by atoms with E-state index in [2.05, 4.69) is 19.5 Å². The first-order valence-corrected chi connectivity index (χ1v) is 7.79. The molecule has 2 heterocycles. The van der Waals surface area contributed by atoms with E-state index in [1.165, 1.54) is 12.6 Å². The van der Waals surface area contributed by atoms with Gasteiger partial charge < -0.3 is 4.74 Å². The van der Waals surface area contributed by atoms with Crippen LogP contribution in [0.4, 0.5) is 0 Å². The predicted octanol–water partition coefficient (Wildman–Crippen LogP) is 0.142. The van der Waals surface area contributed by atoms with Crippen LogP contribution in [0, 0.1) is 0 Å². The molecule has 8 nitrogen and oxygen atoms in total. The molecule has 0 aliphatic carbocycles. The minimum Gasteiger partial charge on any atom is -0.464 e. The number of nitrogens with one attached hydrogen (secondary N) is 1. The fraction of sp³-hybridized carbons (Fsp3) is 0.300. The van der Waals surface area contributed by atoms with E-state index in [0.717, 1.165) is 11.3 Å².